The second kappa shape index (κ2) is 6.90. The molecule has 0 bridgehead atoms. The first kappa shape index (κ1) is 18.1. The van der Waals surface area contributed by atoms with Crippen molar-refractivity contribution in [3.05, 3.63) is 0 Å². The van der Waals surface area contributed by atoms with Crippen LogP contribution in [0, 0.1) is 0 Å². The van der Waals surface area contributed by atoms with Gasteiger partial charge in [0, 0.05) is 0 Å². The molecule has 0 aliphatic carbocycles. The van der Waals surface area contributed by atoms with Crippen LogP contribution in [-0.4, -0.2) is 44.5 Å². The molecule has 0 aromatic rings. The Balaban J connectivity index is 2.72. The Kier molecular flexibility index (Phi) is 6.26. The Morgan fingerprint density at radius 2 is 1.55 bits per heavy atom. The summed E-state index contributed by atoms with van der Waals surface area (Å²) in [6.07, 6.45) is 2.77. The number of hydrogen-bond acceptors (Lipinski definition) is 3. The fourth-order valence-electron chi connectivity index (χ4n) is 2.38. The Hall–Kier alpha value is 0.0969. The molecule has 3 unspecified atom stereocenters. The van der Waals surface area contributed by atoms with Gasteiger partial charge in [0.2, 0.25) is 0 Å². The Morgan fingerprint density at radius 1 is 1.05 bits per heavy atom. The summed E-state index contributed by atoms with van der Waals surface area (Å²) in [5.74, 6) is 0. The van der Waals surface area contributed by atoms with Gasteiger partial charge < -0.3 is 14.2 Å². The average Bonchev–Trinajstić information content (AvgIpc) is 3.01. The molecule has 120 valence electrons. The van der Waals surface area contributed by atoms with Crippen LogP contribution in [0.5, 0.6) is 0 Å². The van der Waals surface area contributed by atoms with E-state index in [9.17, 15) is 0 Å². The van der Waals surface area contributed by atoms with Gasteiger partial charge in [-0.1, -0.05) is 13.1 Å². The van der Waals surface area contributed by atoms with Crippen LogP contribution in [0.25, 0.3) is 0 Å². The zero-order valence-electron chi connectivity index (χ0n) is 14.7. The molecular weight excluding hydrogens is 268 g/mol. The van der Waals surface area contributed by atoms with Crippen LogP contribution in [0.15, 0.2) is 0 Å². The van der Waals surface area contributed by atoms with Crippen molar-refractivity contribution >= 4 is 8.80 Å². The summed E-state index contributed by atoms with van der Waals surface area (Å²) < 4.78 is 18.0. The highest BCUT2D eigenvalue weighted by atomic mass is 28.3. The van der Waals surface area contributed by atoms with Gasteiger partial charge in [0.05, 0.1) is 44.5 Å². The van der Waals surface area contributed by atoms with E-state index in [0.717, 1.165) is 19.4 Å². The Labute approximate surface area is 127 Å². The van der Waals surface area contributed by atoms with Crippen molar-refractivity contribution < 1.29 is 14.2 Å². The molecule has 1 saturated heterocycles. The third kappa shape index (κ3) is 7.77. The van der Waals surface area contributed by atoms with E-state index in [0.29, 0.717) is 6.10 Å². The normalized spacial score (nSPS) is 22.9. The van der Waals surface area contributed by atoms with Gasteiger partial charge in [-0.05, 0) is 54.4 Å². The van der Waals surface area contributed by atoms with Crippen molar-refractivity contribution in [1.82, 2.24) is 0 Å². The minimum atomic E-state index is -0.963. The molecule has 0 amide bonds. The summed E-state index contributed by atoms with van der Waals surface area (Å²) in [6, 6.07) is 0. The van der Waals surface area contributed by atoms with E-state index in [1.807, 2.05) is 0 Å². The van der Waals surface area contributed by atoms with Crippen LogP contribution < -0.4 is 0 Å². The molecule has 1 rings (SSSR count). The van der Waals surface area contributed by atoms with E-state index in [-0.39, 0.29) is 23.0 Å². The summed E-state index contributed by atoms with van der Waals surface area (Å²) in [5, 5.41) is 0. The number of epoxide rings is 1. The Bertz CT molecular complexity index is 287. The van der Waals surface area contributed by atoms with E-state index < -0.39 is 8.80 Å². The molecule has 0 spiro atoms. The number of ether oxygens (including phenoxy) is 3. The van der Waals surface area contributed by atoms with Crippen LogP contribution >= 0.6 is 0 Å². The van der Waals surface area contributed by atoms with Gasteiger partial charge in [-0.25, -0.2) is 0 Å². The summed E-state index contributed by atoms with van der Waals surface area (Å²) in [4.78, 5) is 0. The second-order valence-corrected chi connectivity index (χ2v) is 11.4. The molecule has 0 radical (unpaired) electrons. The zero-order chi connectivity index (χ0) is 15.6. The summed E-state index contributed by atoms with van der Waals surface area (Å²) >= 11 is 0. The van der Waals surface area contributed by atoms with Gasteiger partial charge in [0.25, 0.3) is 0 Å². The van der Waals surface area contributed by atoms with Crippen LogP contribution in [0.3, 0.4) is 0 Å². The van der Waals surface area contributed by atoms with Crippen LogP contribution in [0.4, 0.5) is 0 Å². The minimum Gasteiger partial charge on any atom is -0.374 e. The average molecular weight is 303 g/mol. The summed E-state index contributed by atoms with van der Waals surface area (Å²) in [7, 11) is -0.963. The van der Waals surface area contributed by atoms with Crippen molar-refractivity contribution in [2.75, 3.05) is 6.61 Å². The van der Waals surface area contributed by atoms with Gasteiger partial charge in [-0.3, -0.25) is 0 Å². The highest BCUT2D eigenvalue weighted by Crippen LogP contribution is 2.27. The maximum absolute atomic E-state index is 6.36. The second-order valence-electron chi connectivity index (χ2n) is 8.24. The molecule has 1 heterocycles. The van der Waals surface area contributed by atoms with Crippen molar-refractivity contribution in [2.24, 2.45) is 0 Å². The molecule has 20 heavy (non-hydrogen) atoms. The van der Waals surface area contributed by atoms with Gasteiger partial charge in [0.1, 0.15) is 0 Å². The molecule has 1 aliphatic rings. The molecule has 3 atom stereocenters. The molecular formula is C16H34O3Si. The van der Waals surface area contributed by atoms with Crippen molar-refractivity contribution in [1.29, 1.82) is 0 Å². The lowest BCUT2D eigenvalue weighted by molar-refractivity contribution is -0.140. The lowest BCUT2D eigenvalue weighted by atomic mass is 10.1. The minimum absolute atomic E-state index is 0.114. The molecule has 4 heteroatoms. The fraction of sp³-hybridized carbons (Fsp3) is 1.00. The van der Waals surface area contributed by atoms with E-state index in [1.54, 1.807) is 0 Å². The largest absolute Gasteiger partial charge is 0.374 e. The molecule has 1 fully saturated rings. The maximum atomic E-state index is 6.36. The summed E-state index contributed by atoms with van der Waals surface area (Å²) in [6.45, 7) is 18.4. The predicted molar refractivity (Wildman–Crippen MR) is 87.1 cm³/mol. The molecule has 0 N–H and O–H groups in total. The monoisotopic (exact) mass is 302 g/mol. The smallest absolute Gasteiger partial charge is 0.0811 e. The highest BCUT2D eigenvalue weighted by molar-refractivity contribution is 6.57. The lowest BCUT2D eigenvalue weighted by Crippen LogP contribution is -2.48. The predicted octanol–water partition coefficient (Wildman–Crippen LogP) is 3.56. The SMILES string of the molecule is C[SiH](C)C(OC(C)(C)C)C(CCC1CO1)OC(C)(C)C. The molecule has 3 nitrogen and oxygen atoms in total. The van der Waals surface area contributed by atoms with Gasteiger partial charge in [0.15, 0.2) is 0 Å². The first-order chi connectivity index (χ1) is 8.98. The first-order valence-corrected chi connectivity index (χ1v) is 10.9. The number of rotatable bonds is 7. The van der Waals surface area contributed by atoms with Crippen LogP contribution in [0.1, 0.15) is 54.4 Å². The third-order valence-electron chi connectivity index (χ3n) is 3.19. The highest BCUT2D eigenvalue weighted by Gasteiger charge is 2.35. The van der Waals surface area contributed by atoms with E-state index in [1.165, 1.54) is 0 Å². The van der Waals surface area contributed by atoms with E-state index >= 15 is 0 Å². The fourth-order valence-corrected chi connectivity index (χ4v) is 4.19. The van der Waals surface area contributed by atoms with Crippen molar-refractivity contribution in [2.45, 2.75) is 96.6 Å². The third-order valence-corrected chi connectivity index (χ3v) is 5.07. The van der Waals surface area contributed by atoms with Crippen molar-refractivity contribution in [3.8, 4) is 0 Å². The van der Waals surface area contributed by atoms with Gasteiger partial charge >= 0.3 is 0 Å². The number of hydrogen-bond donors (Lipinski definition) is 0. The van der Waals surface area contributed by atoms with Gasteiger partial charge in [-0.15, -0.1) is 0 Å². The molecule has 1 aliphatic heterocycles. The van der Waals surface area contributed by atoms with Gasteiger partial charge in [-0.2, -0.15) is 0 Å². The maximum Gasteiger partial charge on any atom is 0.0811 e. The topological polar surface area (TPSA) is 31.0 Å². The zero-order valence-corrected chi connectivity index (χ0v) is 15.8. The lowest BCUT2D eigenvalue weighted by Gasteiger charge is -2.38. The quantitative estimate of drug-likeness (QED) is 0.532. The molecule has 0 saturated carbocycles. The van der Waals surface area contributed by atoms with Crippen molar-refractivity contribution in [3.63, 3.8) is 0 Å². The van der Waals surface area contributed by atoms with E-state index in [2.05, 4.69) is 54.6 Å². The van der Waals surface area contributed by atoms with E-state index in [4.69, 9.17) is 14.2 Å². The van der Waals surface area contributed by atoms with Crippen LogP contribution in [0.2, 0.25) is 13.1 Å². The first-order valence-electron chi connectivity index (χ1n) is 7.95. The van der Waals surface area contributed by atoms with Crippen LogP contribution in [-0.2, 0) is 14.2 Å². The summed E-state index contributed by atoms with van der Waals surface area (Å²) in [5.41, 5.74) is 0.0167. The Morgan fingerprint density at radius 3 is 1.90 bits per heavy atom. The standard InChI is InChI=1S/C16H34O3Si/c1-15(2,3)18-13(10-9-12-11-17-12)14(20(7)8)19-16(4,5)6/h12-14,20H,9-11H2,1-8H3. The molecule has 0 aromatic heterocycles. The molecule has 0 aromatic carbocycles.